The lowest BCUT2D eigenvalue weighted by Crippen LogP contribution is -2.10. The van der Waals surface area contributed by atoms with Gasteiger partial charge in [-0.15, -0.1) is 0 Å². The van der Waals surface area contributed by atoms with Gasteiger partial charge < -0.3 is 14.2 Å². The first-order chi connectivity index (χ1) is 12.7. The number of hydrogen-bond acceptors (Lipinski definition) is 5. The summed E-state index contributed by atoms with van der Waals surface area (Å²) in [5, 5.41) is 1.29. The molecule has 0 bridgehead atoms. The molecule has 0 unspecified atom stereocenters. The molecule has 1 aromatic heterocycles. The van der Waals surface area contributed by atoms with Gasteiger partial charge in [-0.25, -0.2) is 4.98 Å². The van der Waals surface area contributed by atoms with Crippen molar-refractivity contribution >= 4 is 28.5 Å². The maximum atomic E-state index is 11.9. The molecule has 0 N–H and O–H groups in total. The largest absolute Gasteiger partial charge is 0.497 e. The molecule has 0 spiro atoms. The standard InChI is InChI=1S/C20H18ClNO4/c1-24-16-6-8-17(9-7-16)25-11-10-19(23)26-13-15-12-14-4-2-3-5-18(14)22-20(15)21/h2-9,12H,10-11,13H2,1H3. The average molecular weight is 372 g/mol. The summed E-state index contributed by atoms with van der Waals surface area (Å²) in [6.07, 6.45) is 0.144. The van der Waals surface area contributed by atoms with E-state index in [0.717, 1.165) is 16.7 Å². The van der Waals surface area contributed by atoms with E-state index in [1.54, 1.807) is 31.4 Å². The highest BCUT2D eigenvalue weighted by atomic mass is 35.5. The molecule has 0 fully saturated rings. The van der Waals surface area contributed by atoms with Crippen molar-refractivity contribution in [1.29, 1.82) is 0 Å². The van der Waals surface area contributed by atoms with Crippen molar-refractivity contribution in [3.05, 3.63) is 65.3 Å². The third kappa shape index (κ3) is 4.64. The van der Waals surface area contributed by atoms with Crippen LogP contribution in [0.15, 0.2) is 54.6 Å². The summed E-state index contributed by atoms with van der Waals surface area (Å²) in [4.78, 5) is 16.2. The minimum atomic E-state index is -0.359. The van der Waals surface area contributed by atoms with E-state index in [1.807, 2.05) is 30.3 Å². The van der Waals surface area contributed by atoms with Crippen LogP contribution in [0, 0.1) is 0 Å². The number of aromatic nitrogens is 1. The van der Waals surface area contributed by atoms with Gasteiger partial charge in [-0.2, -0.15) is 0 Å². The molecular weight excluding hydrogens is 354 g/mol. The van der Waals surface area contributed by atoms with Crippen LogP contribution in [0.2, 0.25) is 5.15 Å². The van der Waals surface area contributed by atoms with Gasteiger partial charge in [0, 0.05) is 10.9 Å². The van der Waals surface area contributed by atoms with Crippen molar-refractivity contribution in [1.82, 2.24) is 4.98 Å². The molecular formula is C20H18ClNO4. The maximum absolute atomic E-state index is 11.9. The van der Waals surface area contributed by atoms with E-state index in [2.05, 4.69) is 4.98 Å². The number of carbonyl (C=O) groups is 1. The highest BCUT2D eigenvalue weighted by Crippen LogP contribution is 2.21. The molecule has 134 valence electrons. The number of fused-ring (bicyclic) bond motifs is 1. The predicted molar refractivity (Wildman–Crippen MR) is 99.7 cm³/mol. The molecule has 3 rings (SSSR count). The van der Waals surface area contributed by atoms with E-state index in [-0.39, 0.29) is 25.6 Å². The van der Waals surface area contributed by atoms with Crippen LogP contribution >= 0.6 is 11.6 Å². The average Bonchev–Trinajstić information content (AvgIpc) is 2.67. The first-order valence-electron chi connectivity index (χ1n) is 8.12. The summed E-state index contributed by atoms with van der Waals surface area (Å²) in [7, 11) is 1.60. The van der Waals surface area contributed by atoms with Crippen LogP contribution < -0.4 is 9.47 Å². The Morgan fingerprint density at radius 1 is 1.08 bits per heavy atom. The van der Waals surface area contributed by atoms with Crippen LogP contribution in [0.5, 0.6) is 11.5 Å². The molecule has 0 saturated carbocycles. The van der Waals surface area contributed by atoms with Gasteiger partial charge in [-0.05, 0) is 36.4 Å². The molecule has 1 heterocycles. The van der Waals surface area contributed by atoms with E-state index in [4.69, 9.17) is 25.8 Å². The monoisotopic (exact) mass is 371 g/mol. The molecule has 2 aromatic carbocycles. The summed E-state index contributed by atoms with van der Waals surface area (Å²) in [5.74, 6) is 1.06. The van der Waals surface area contributed by atoms with Crippen LogP contribution in [0.25, 0.3) is 10.9 Å². The zero-order chi connectivity index (χ0) is 18.4. The SMILES string of the molecule is COc1ccc(OCCC(=O)OCc2cc3ccccc3nc2Cl)cc1. The van der Waals surface area contributed by atoms with Gasteiger partial charge in [0.2, 0.25) is 0 Å². The molecule has 0 aliphatic rings. The van der Waals surface area contributed by atoms with E-state index in [1.165, 1.54) is 0 Å². The molecule has 26 heavy (non-hydrogen) atoms. The second-order valence-electron chi connectivity index (χ2n) is 5.57. The van der Waals surface area contributed by atoms with Gasteiger partial charge in [0.15, 0.2) is 0 Å². The molecule has 5 nitrogen and oxygen atoms in total. The van der Waals surface area contributed by atoms with E-state index in [0.29, 0.717) is 16.5 Å². The number of pyridine rings is 1. The van der Waals surface area contributed by atoms with Crippen molar-refractivity contribution in [2.24, 2.45) is 0 Å². The number of rotatable bonds is 7. The molecule has 0 amide bonds. The topological polar surface area (TPSA) is 57.7 Å². The molecule has 6 heteroatoms. The second-order valence-corrected chi connectivity index (χ2v) is 5.92. The first kappa shape index (κ1) is 18.0. The van der Waals surface area contributed by atoms with Crippen LogP contribution in [-0.4, -0.2) is 24.7 Å². The Kier molecular flexibility index (Phi) is 5.92. The first-order valence-corrected chi connectivity index (χ1v) is 8.50. The van der Waals surface area contributed by atoms with Crippen molar-refractivity contribution in [3.8, 4) is 11.5 Å². The lowest BCUT2D eigenvalue weighted by molar-refractivity contribution is -0.145. The van der Waals surface area contributed by atoms with Crippen molar-refractivity contribution in [3.63, 3.8) is 0 Å². The summed E-state index contributed by atoms with van der Waals surface area (Å²) >= 11 is 6.16. The van der Waals surface area contributed by atoms with Crippen LogP contribution in [0.4, 0.5) is 0 Å². The van der Waals surface area contributed by atoms with Crippen LogP contribution in [0.1, 0.15) is 12.0 Å². The zero-order valence-electron chi connectivity index (χ0n) is 14.3. The van der Waals surface area contributed by atoms with E-state index in [9.17, 15) is 4.79 Å². The fraction of sp³-hybridized carbons (Fsp3) is 0.200. The number of nitrogens with zero attached hydrogens (tertiary/aromatic N) is 1. The smallest absolute Gasteiger partial charge is 0.309 e. The lowest BCUT2D eigenvalue weighted by Gasteiger charge is -2.09. The number of para-hydroxylation sites is 1. The predicted octanol–water partition coefficient (Wildman–Crippen LogP) is 4.41. The molecule has 0 aliphatic carbocycles. The van der Waals surface area contributed by atoms with E-state index < -0.39 is 0 Å². The van der Waals surface area contributed by atoms with Gasteiger partial charge in [0.1, 0.15) is 23.3 Å². The molecule has 0 aliphatic heterocycles. The Labute approximate surface area is 156 Å². The minimum Gasteiger partial charge on any atom is -0.497 e. The van der Waals surface area contributed by atoms with Gasteiger partial charge in [0.05, 0.1) is 25.7 Å². The molecule has 0 atom stereocenters. The number of ether oxygens (including phenoxy) is 3. The third-order valence-corrected chi connectivity index (χ3v) is 4.10. The maximum Gasteiger partial charge on any atom is 0.309 e. The second kappa shape index (κ2) is 8.54. The molecule has 3 aromatic rings. The molecule has 0 saturated heterocycles. The number of carbonyl (C=O) groups excluding carboxylic acids is 1. The fourth-order valence-electron chi connectivity index (χ4n) is 2.39. The highest BCUT2D eigenvalue weighted by Gasteiger charge is 2.09. The highest BCUT2D eigenvalue weighted by molar-refractivity contribution is 6.30. The fourth-order valence-corrected chi connectivity index (χ4v) is 2.59. The third-order valence-electron chi connectivity index (χ3n) is 3.77. The quantitative estimate of drug-likeness (QED) is 0.455. The van der Waals surface area contributed by atoms with Crippen molar-refractivity contribution in [2.45, 2.75) is 13.0 Å². The number of esters is 1. The van der Waals surface area contributed by atoms with Crippen LogP contribution in [-0.2, 0) is 16.1 Å². The van der Waals surface area contributed by atoms with Gasteiger partial charge in [0.25, 0.3) is 0 Å². The van der Waals surface area contributed by atoms with Crippen molar-refractivity contribution < 1.29 is 19.0 Å². The normalized spacial score (nSPS) is 10.5. The summed E-state index contributed by atoms with van der Waals surface area (Å²) < 4.78 is 15.9. The number of methoxy groups -OCH3 is 1. The number of halogens is 1. The Morgan fingerprint density at radius 3 is 2.58 bits per heavy atom. The van der Waals surface area contributed by atoms with E-state index >= 15 is 0 Å². The summed E-state index contributed by atoms with van der Waals surface area (Å²) in [6, 6.07) is 16.7. The number of benzene rings is 2. The molecule has 0 radical (unpaired) electrons. The van der Waals surface area contributed by atoms with Gasteiger partial charge >= 0.3 is 5.97 Å². The van der Waals surface area contributed by atoms with Crippen molar-refractivity contribution in [2.75, 3.05) is 13.7 Å². The Morgan fingerprint density at radius 2 is 1.81 bits per heavy atom. The lowest BCUT2D eigenvalue weighted by atomic mass is 10.2. The van der Waals surface area contributed by atoms with Crippen LogP contribution in [0.3, 0.4) is 0 Å². The Balaban J connectivity index is 1.48. The minimum absolute atomic E-state index is 0.0814. The number of hydrogen-bond donors (Lipinski definition) is 0. The summed E-state index contributed by atoms with van der Waals surface area (Å²) in [6.45, 7) is 0.312. The van der Waals surface area contributed by atoms with Gasteiger partial charge in [-0.3, -0.25) is 4.79 Å². The Bertz CT molecular complexity index is 896. The zero-order valence-corrected chi connectivity index (χ0v) is 15.0. The Hall–Kier alpha value is -2.79. The van der Waals surface area contributed by atoms with Gasteiger partial charge in [-0.1, -0.05) is 29.8 Å². The summed E-state index contributed by atoms with van der Waals surface area (Å²) in [5.41, 5.74) is 1.48.